The highest BCUT2D eigenvalue weighted by Gasteiger charge is 2.41. The molecule has 2 nitrogen and oxygen atoms in total. The van der Waals surface area contributed by atoms with Crippen molar-refractivity contribution in [2.24, 2.45) is 5.92 Å². The lowest BCUT2D eigenvalue weighted by Gasteiger charge is -2.37. The summed E-state index contributed by atoms with van der Waals surface area (Å²) in [4.78, 5) is 0. The molecule has 2 unspecified atom stereocenters. The van der Waals surface area contributed by atoms with Crippen molar-refractivity contribution >= 4 is 11.8 Å². The highest BCUT2D eigenvalue weighted by molar-refractivity contribution is 8.01. The molecule has 0 bridgehead atoms. The maximum absolute atomic E-state index is 6.09. The molecule has 4 aromatic rings. The van der Waals surface area contributed by atoms with Gasteiger partial charge in [-0.1, -0.05) is 121 Å². The molecule has 0 amide bonds. The molecule has 0 aromatic heterocycles. The number of ether oxygens (including phenoxy) is 1. The summed E-state index contributed by atoms with van der Waals surface area (Å²) in [5.74, 6) is 0.515. The molecule has 1 saturated heterocycles. The van der Waals surface area contributed by atoms with Crippen molar-refractivity contribution in [1.29, 1.82) is 0 Å². The Labute approximate surface area is 207 Å². The first-order chi connectivity index (χ1) is 16.8. The van der Waals surface area contributed by atoms with Gasteiger partial charge in [0, 0.05) is 6.54 Å². The van der Waals surface area contributed by atoms with Gasteiger partial charge in [0.25, 0.3) is 0 Å². The van der Waals surface area contributed by atoms with E-state index in [1.807, 2.05) is 17.8 Å². The van der Waals surface area contributed by atoms with Crippen molar-refractivity contribution in [2.45, 2.75) is 23.1 Å². The number of rotatable bonds is 9. The van der Waals surface area contributed by atoms with E-state index >= 15 is 0 Å². The third kappa shape index (κ3) is 5.12. The molecule has 0 aliphatic carbocycles. The molecule has 1 aliphatic heterocycles. The third-order valence-corrected chi connectivity index (χ3v) is 8.21. The van der Waals surface area contributed by atoms with Gasteiger partial charge < -0.3 is 10.1 Å². The number of thioether (sulfide) groups is 1. The van der Waals surface area contributed by atoms with E-state index in [-0.39, 0.29) is 4.75 Å². The molecule has 0 saturated carbocycles. The maximum atomic E-state index is 6.09. The summed E-state index contributed by atoms with van der Waals surface area (Å²) in [5, 5.41) is 4.14. The minimum Gasteiger partial charge on any atom is -0.376 e. The molecule has 1 N–H and O–H groups in total. The van der Waals surface area contributed by atoms with E-state index in [2.05, 4.69) is 121 Å². The quantitative estimate of drug-likeness (QED) is 0.273. The highest BCUT2D eigenvalue weighted by atomic mass is 32.2. The third-order valence-electron chi connectivity index (χ3n) is 6.51. The van der Waals surface area contributed by atoms with Crippen LogP contribution in [0.3, 0.4) is 0 Å². The van der Waals surface area contributed by atoms with Gasteiger partial charge in [0.1, 0.15) is 0 Å². The SMILES string of the molecule is c1ccc(COCC2CNC(SC(c3ccccc3)(c3ccccc3)c3ccccc3)C2)cc1. The van der Waals surface area contributed by atoms with Gasteiger partial charge in [0.2, 0.25) is 0 Å². The first-order valence-corrected chi connectivity index (χ1v) is 12.9. The van der Waals surface area contributed by atoms with Gasteiger partial charge in [-0.15, -0.1) is 11.8 Å². The summed E-state index contributed by atoms with van der Waals surface area (Å²) < 4.78 is 5.80. The molecular weight excluding hydrogens is 434 g/mol. The largest absolute Gasteiger partial charge is 0.376 e. The van der Waals surface area contributed by atoms with Crippen LogP contribution in [0.2, 0.25) is 0 Å². The molecule has 1 heterocycles. The van der Waals surface area contributed by atoms with Gasteiger partial charge in [-0.3, -0.25) is 0 Å². The van der Waals surface area contributed by atoms with Crippen LogP contribution in [0.5, 0.6) is 0 Å². The number of hydrogen-bond donors (Lipinski definition) is 1. The second-order valence-corrected chi connectivity index (χ2v) is 10.3. The highest BCUT2D eigenvalue weighted by Crippen LogP contribution is 2.51. The average Bonchev–Trinajstić information content (AvgIpc) is 3.36. The van der Waals surface area contributed by atoms with E-state index in [0.29, 0.717) is 17.9 Å². The van der Waals surface area contributed by atoms with Crippen LogP contribution in [-0.2, 0) is 16.1 Å². The minimum absolute atomic E-state index is 0.290. The van der Waals surface area contributed by atoms with Gasteiger partial charge >= 0.3 is 0 Å². The zero-order valence-corrected chi connectivity index (χ0v) is 20.2. The van der Waals surface area contributed by atoms with E-state index in [0.717, 1.165) is 19.6 Å². The Kier molecular flexibility index (Phi) is 7.45. The van der Waals surface area contributed by atoms with Gasteiger partial charge in [-0.05, 0) is 34.6 Å². The minimum atomic E-state index is -0.290. The molecule has 5 rings (SSSR count). The summed E-state index contributed by atoms with van der Waals surface area (Å²) >= 11 is 2.03. The maximum Gasteiger partial charge on any atom is 0.0922 e. The topological polar surface area (TPSA) is 21.3 Å². The fourth-order valence-corrected chi connectivity index (χ4v) is 6.63. The van der Waals surface area contributed by atoms with Crippen molar-refractivity contribution in [2.75, 3.05) is 13.2 Å². The summed E-state index contributed by atoms with van der Waals surface area (Å²) in [6.07, 6.45) is 1.09. The Bertz CT molecular complexity index is 1040. The van der Waals surface area contributed by atoms with Gasteiger partial charge in [-0.25, -0.2) is 0 Å². The van der Waals surface area contributed by atoms with Crippen LogP contribution in [0.25, 0.3) is 0 Å². The molecule has 2 atom stereocenters. The van der Waals surface area contributed by atoms with Crippen molar-refractivity contribution in [3.05, 3.63) is 144 Å². The van der Waals surface area contributed by atoms with Crippen molar-refractivity contribution in [1.82, 2.24) is 5.32 Å². The lowest BCUT2D eigenvalue weighted by molar-refractivity contribution is 0.0923. The number of nitrogens with one attached hydrogen (secondary N) is 1. The fraction of sp³-hybridized carbons (Fsp3) is 0.226. The lowest BCUT2D eigenvalue weighted by atomic mass is 9.84. The van der Waals surface area contributed by atoms with Crippen molar-refractivity contribution in [3.63, 3.8) is 0 Å². The first kappa shape index (κ1) is 22.9. The molecule has 1 fully saturated rings. The number of benzene rings is 4. The van der Waals surface area contributed by atoms with Crippen LogP contribution in [0.4, 0.5) is 0 Å². The average molecular weight is 466 g/mol. The van der Waals surface area contributed by atoms with E-state index in [1.165, 1.54) is 22.3 Å². The predicted octanol–water partition coefficient (Wildman–Crippen LogP) is 6.86. The molecule has 0 radical (unpaired) electrons. The van der Waals surface area contributed by atoms with Crippen LogP contribution in [0.15, 0.2) is 121 Å². The van der Waals surface area contributed by atoms with E-state index < -0.39 is 0 Å². The van der Waals surface area contributed by atoms with Crippen LogP contribution in [0, 0.1) is 5.92 Å². The van der Waals surface area contributed by atoms with Crippen LogP contribution < -0.4 is 5.32 Å². The van der Waals surface area contributed by atoms with Gasteiger partial charge in [-0.2, -0.15) is 0 Å². The summed E-state index contributed by atoms with van der Waals surface area (Å²) in [6.45, 7) is 2.45. The lowest BCUT2D eigenvalue weighted by Crippen LogP contribution is -2.31. The second-order valence-electron chi connectivity index (χ2n) is 8.90. The van der Waals surface area contributed by atoms with Crippen LogP contribution >= 0.6 is 11.8 Å². The van der Waals surface area contributed by atoms with E-state index in [9.17, 15) is 0 Å². The molecule has 3 heteroatoms. The van der Waals surface area contributed by atoms with Crippen molar-refractivity contribution < 1.29 is 4.74 Å². The summed E-state index contributed by atoms with van der Waals surface area (Å²) in [6, 6.07) is 43.2. The van der Waals surface area contributed by atoms with E-state index in [1.54, 1.807) is 0 Å². The Morgan fingerprint density at radius 2 is 1.15 bits per heavy atom. The Balaban J connectivity index is 1.38. The number of hydrogen-bond acceptors (Lipinski definition) is 3. The zero-order valence-electron chi connectivity index (χ0n) is 19.3. The van der Waals surface area contributed by atoms with Crippen LogP contribution in [0.1, 0.15) is 28.7 Å². The molecule has 172 valence electrons. The summed E-state index contributed by atoms with van der Waals surface area (Å²) in [5.41, 5.74) is 5.16. The molecule has 1 aliphatic rings. The zero-order chi connectivity index (χ0) is 23.1. The Morgan fingerprint density at radius 1 is 0.676 bits per heavy atom. The predicted molar refractivity (Wildman–Crippen MR) is 143 cm³/mol. The van der Waals surface area contributed by atoms with Gasteiger partial charge in [0.15, 0.2) is 0 Å². The molecule has 34 heavy (non-hydrogen) atoms. The first-order valence-electron chi connectivity index (χ1n) is 12.0. The van der Waals surface area contributed by atoms with Crippen LogP contribution in [-0.4, -0.2) is 18.5 Å². The Morgan fingerprint density at radius 3 is 1.65 bits per heavy atom. The normalized spacial score (nSPS) is 18.1. The smallest absolute Gasteiger partial charge is 0.0922 e. The van der Waals surface area contributed by atoms with E-state index in [4.69, 9.17) is 4.74 Å². The molecule has 0 spiro atoms. The molecular formula is C31H31NOS. The molecule has 4 aromatic carbocycles. The summed E-state index contributed by atoms with van der Waals surface area (Å²) in [7, 11) is 0. The fourth-order valence-electron chi connectivity index (χ4n) is 4.84. The van der Waals surface area contributed by atoms with Crippen molar-refractivity contribution in [3.8, 4) is 0 Å². The van der Waals surface area contributed by atoms with Gasteiger partial charge in [0.05, 0.1) is 23.3 Å². The Hall–Kier alpha value is -2.85. The monoisotopic (exact) mass is 465 g/mol. The standard InChI is InChI=1S/C31H31NOS/c1-5-13-25(14-6-1)23-33-24-26-21-30(32-22-26)34-31(27-15-7-2-8-16-27,28-17-9-3-10-18-28)29-19-11-4-12-20-29/h1-20,26,30,32H,21-24H2. The second kappa shape index (κ2) is 11.1.